The van der Waals surface area contributed by atoms with Crippen LogP contribution in [0, 0.1) is 0 Å². The number of anilines is 2. The number of nitrogens with zero attached hydrogens (tertiary/aromatic N) is 4. The number of carbonyl (C=O) groups excluding carboxylic acids is 2. The summed E-state index contributed by atoms with van der Waals surface area (Å²) < 4.78 is 54.4. The second-order valence-corrected chi connectivity index (χ2v) is 8.64. The van der Waals surface area contributed by atoms with Crippen molar-refractivity contribution < 1.29 is 37.0 Å². The van der Waals surface area contributed by atoms with Crippen LogP contribution in [0.1, 0.15) is 22.3 Å². The summed E-state index contributed by atoms with van der Waals surface area (Å²) in [5, 5.41) is 20.5. The number of hydrogen-bond acceptors (Lipinski definition) is 9. The van der Waals surface area contributed by atoms with Crippen molar-refractivity contribution in [1.82, 2.24) is 30.8 Å². The molecule has 3 aromatic rings. The molecule has 1 heterocycles. The number of ether oxygens (including phenoxy) is 3. The molecule has 0 radical (unpaired) electrons. The SMILES string of the molecule is COCCC(=O)NCCOCCOCCNC(=O)c1ccc(Nc2ccc(C(F)(F)F)cc2)c(-c2nnn(C)n2)c1. The number of aryl methyl sites for hydroxylation is 1. The summed E-state index contributed by atoms with van der Waals surface area (Å²) in [6.07, 6.45) is -4.14. The van der Waals surface area contributed by atoms with Gasteiger partial charge < -0.3 is 30.2 Å². The molecule has 2 aromatic carbocycles. The van der Waals surface area contributed by atoms with Gasteiger partial charge in [-0.05, 0) is 47.7 Å². The number of halogens is 3. The van der Waals surface area contributed by atoms with Gasteiger partial charge in [0, 0.05) is 49.1 Å². The maximum atomic E-state index is 12.9. The van der Waals surface area contributed by atoms with Gasteiger partial charge in [-0.25, -0.2) is 0 Å². The quantitative estimate of drug-likeness (QED) is 0.218. The molecule has 0 spiro atoms. The second kappa shape index (κ2) is 15.6. The average molecular weight is 580 g/mol. The zero-order valence-corrected chi connectivity index (χ0v) is 22.7. The number of nitrogens with one attached hydrogen (secondary N) is 3. The highest BCUT2D eigenvalue weighted by Gasteiger charge is 2.30. The van der Waals surface area contributed by atoms with Gasteiger partial charge in [0.25, 0.3) is 5.91 Å². The minimum Gasteiger partial charge on any atom is -0.384 e. The Kier molecular flexibility index (Phi) is 12.0. The molecule has 2 amide bonds. The van der Waals surface area contributed by atoms with E-state index in [1.165, 1.54) is 24.0 Å². The Morgan fingerprint density at radius 1 is 0.927 bits per heavy atom. The largest absolute Gasteiger partial charge is 0.416 e. The van der Waals surface area contributed by atoms with E-state index in [0.717, 1.165) is 12.1 Å². The molecule has 222 valence electrons. The summed E-state index contributed by atoms with van der Waals surface area (Å²) in [5.41, 5.74) is 0.887. The first kappa shape index (κ1) is 31.4. The van der Waals surface area contributed by atoms with E-state index in [0.29, 0.717) is 61.9 Å². The zero-order valence-electron chi connectivity index (χ0n) is 22.7. The van der Waals surface area contributed by atoms with Gasteiger partial charge >= 0.3 is 6.18 Å². The molecule has 1 aromatic heterocycles. The van der Waals surface area contributed by atoms with Crippen molar-refractivity contribution in [2.75, 3.05) is 58.6 Å². The van der Waals surface area contributed by atoms with Crippen LogP contribution in [-0.2, 0) is 32.2 Å². The standard InChI is InChI=1S/C26H32F3N7O5/c1-36-34-24(33-35-36)21-17-18(3-8-22(21)32-20-6-4-19(5-7-20)26(27,28)29)25(38)31-11-14-41-16-15-40-13-10-30-23(37)9-12-39-2/h3-8,17,32H,9-16H2,1-2H3,(H,30,37)(H,31,38). The Morgan fingerprint density at radius 2 is 1.61 bits per heavy atom. The summed E-state index contributed by atoms with van der Waals surface area (Å²) >= 11 is 0. The lowest BCUT2D eigenvalue weighted by molar-refractivity contribution is -0.137. The van der Waals surface area contributed by atoms with E-state index in [9.17, 15) is 22.8 Å². The number of rotatable bonds is 16. The molecule has 0 fully saturated rings. The van der Waals surface area contributed by atoms with Crippen LogP contribution in [0.2, 0.25) is 0 Å². The van der Waals surface area contributed by atoms with Crippen molar-refractivity contribution >= 4 is 23.2 Å². The maximum absolute atomic E-state index is 12.9. The first-order valence-corrected chi connectivity index (χ1v) is 12.7. The third-order valence-electron chi connectivity index (χ3n) is 5.53. The summed E-state index contributed by atoms with van der Waals surface area (Å²) in [5.74, 6) is -0.234. The molecule has 0 bridgehead atoms. The lowest BCUT2D eigenvalue weighted by atomic mass is 10.1. The van der Waals surface area contributed by atoms with E-state index in [1.807, 2.05) is 0 Å². The number of hydrogen-bond donors (Lipinski definition) is 3. The fourth-order valence-corrected chi connectivity index (χ4v) is 3.48. The molecule has 0 aliphatic rings. The first-order valence-electron chi connectivity index (χ1n) is 12.7. The predicted molar refractivity (Wildman–Crippen MR) is 142 cm³/mol. The highest BCUT2D eigenvalue weighted by Crippen LogP contribution is 2.32. The van der Waals surface area contributed by atoms with Crippen LogP contribution in [-0.4, -0.2) is 85.3 Å². The van der Waals surface area contributed by atoms with Gasteiger partial charge in [-0.1, -0.05) is 0 Å². The number of benzene rings is 2. The molecule has 0 unspecified atom stereocenters. The molecule has 0 aliphatic heterocycles. The van der Waals surface area contributed by atoms with Crippen LogP contribution >= 0.6 is 0 Å². The number of tetrazole rings is 1. The molecule has 12 nitrogen and oxygen atoms in total. The van der Waals surface area contributed by atoms with Gasteiger partial charge in [0.15, 0.2) is 0 Å². The van der Waals surface area contributed by atoms with Gasteiger partial charge in [0.05, 0.1) is 45.6 Å². The molecule has 0 saturated carbocycles. The molecular weight excluding hydrogens is 547 g/mol. The third kappa shape index (κ3) is 10.4. The number of alkyl halides is 3. The highest BCUT2D eigenvalue weighted by atomic mass is 19.4. The van der Waals surface area contributed by atoms with Gasteiger partial charge in [-0.3, -0.25) is 9.59 Å². The fourth-order valence-electron chi connectivity index (χ4n) is 3.48. The molecule has 0 atom stereocenters. The zero-order chi connectivity index (χ0) is 29.7. The topological polar surface area (TPSA) is 142 Å². The van der Waals surface area contributed by atoms with Crippen molar-refractivity contribution in [3.05, 3.63) is 53.6 Å². The van der Waals surface area contributed by atoms with Crippen molar-refractivity contribution in [3.8, 4) is 11.4 Å². The number of carbonyl (C=O) groups is 2. The Bertz CT molecular complexity index is 1270. The van der Waals surface area contributed by atoms with E-state index >= 15 is 0 Å². The summed E-state index contributed by atoms with van der Waals surface area (Å²) in [7, 11) is 3.12. The fraction of sp³-hybridized carbons (Fsp3) is 0.423. The second-order valence-electron chi connectivity index (χ2n) is 8.64. The Morgan fingerprint density at radius 3 is 2.22 bits per heavy atom. The Labute approximate surface area is 234 Å². The van der Waals surface area contributed by atoms with E-state index < -0.39 is 11.7 Å². The minimum absolute atomic E-state index is 0.104. The molecular formula is C26H32F3N7O5. The smallest absolute Gasteiger partial charge is 0.384 e. The van der Waals surface area contributed by atoms with Crippen molar-refractivity contribution in [3.63, 3.8) is 0 Å². The monoisotopic (exact) mass is 579 g/mol. The van der Waals surface area contributed by atoms with Crippen LogP contribution in [0.5, 0.6) is 0 Å². The van der Waals surface area contributed by atoms with Crippen molar-refractivity contribution in [2.24, 2.45) is 7.05 Å². The number of amides is 2. The number of aromatic nitrogens is 4. The van der Waals surface area contributed by atoms with E-state index in [2.05, 4.69) is 31.4 Å². The lowest BCUT2D eigenvalue weighted by Crippen LogP contribution is -2.29. The van der Waals surface area contributed by atoms with Gasteiger partial charge in [0.2, 0.25) is 11.7 Å². The van der Waals surface area contributed by atoms with Crippen LogP contribution in [0.3, 0.4) is 0 Å². The molecule has 41 heavy (non-hydrogen) atoms. The van der Waals surface area contributed by atoms with Gasteiger partial charge in [-0.2, -0.15) is 18.0 Å². The summed E-state index contributed by atoms with van der Waals surface area (Å²) in [6.45, 7) is 2.28. The first-order chi connectivity index (χ1) is 19.7. The van der Waals surface area contributed by atoms with E-state index in [4.69, 9.17) is 14.2 Å². The van der Waals surface area contributed by atoms with Crippen LogP contribution in [0.25, 0.3) is 11.4 Å². The molecule has 0 aliphatic carbocycles. The normalized spacial score (nSPS) is 11.3. The van der Waals surface area contributed by atoms with Gasteiger partial charge in [0.1, 0.15) is 0 Å². The van der Waals surface area contributed by atoms with Gasteiger partial charge in [-0.15, -0.1) is 10.2 Å². The van der Waals surface area contributed by atoms with Crippen molar-refractivity contribution in [1.29, 1.82) is 0 Å². The Hall–Kier alpha value is -4.08. The van der Waals surface area contributed by atoms with Crippen LogP contribution < -0.4 is 16.0 Å². The van der Waals surface area contributed by atoms with E-state index in [-0.39, 0.29) is 30.8 Å². The van der Waals surface area contributed by atoms with Crippen LogP contribution in [0.15, 0.2) is 42.5 Å². The average Bonchev–Trinajstić information content (AvgIpc) is 3.38. The summed E-state index contributed by atoms with van der Waals surface area (Å²) in [6, 6.07) is 9.33. The predicted octanol–water partition coefficient (Wildman–Crippen LogP) is 2.56. The van der Waals surface area contributed by atoms with E-state index in [1.54, 1.807) is 25.2 Å². The maximum Gasteiger partial charge on any atom is 0.416 e. The molecule has 15 heteroatoms. The molecule has 0 saturated heterocycles. The van der Waals surface area contributed by atoms with Crippen molar-refractivity contribution in [2.45, 2.75) is 12.6 Å². The molecule has 3 rings (SSSR count). The van der Waals surface area contributed by atoms with Crippen LogP contribution in [0.4, 0.5) is 24.5 Å². The third-order valence-corrected chi connectivity index (χ3v) is 5.53. The highest BCUT2D eigenvalue weighted by molar-refractivity contribution is 5.97. The molecule has 3 N–H and O–H groups in total. The lowest BCUT2D eigenvalue weighted by Gasteiger charge is -2.13. The number of methoxy groups -OCH3 is 1. The summed E-state index contributed by atoms with van der Waals surface area (Å²) in [4.78, 5) is 25.4. The Balaban J connectivity index is 1.48. The minimum atomic E-state index is -4.44.